The molecule has 8 heteroatoms. The second-order valence-corrected chi connectivity index (χ2v) is 6.78. The third-order valence-corrected chi connectivity index (χ3v) is 4.95. The van der Waals surface area contributed by atoms with Crippen molar-refractivity contribution >= 4 is 17.2 Å². The highest BCUT2D eigenvalue weighted by atomic mass is 32.1. The van der Waals surface area contributed by atoms with E-state index in [0.29, 0.717) is 17.3 Å². The normalized spacial score (nSPS) is 10.6. The molecular weight excluding hydrogens is 374 g/mol. The second kappa shape index (κ2) is 8.01. The highest BCUT2D eigenvalue weighted by molar-refractivity contribution is 7.13. The van der Waals surface area contributed by atoms with Crippen LogP contribution in [0.3, 0.4) is 0 Å². The summed E-state index contributed by atoms with van der Waals surface area (Å²) < 4.78 is 5.15. The zero-order valence-corrected chi connectivity index (χ0v) is 15.9. The van der Waals surface area contributed by atoms with Crippen LogP contribution in [0.5, 0.6) is 5.75 Å². The number of benzene rings is 2. The fourth-order valence-corrected chi connectivity index (χ4v) is 3.40. The molecule has 2 aromatic carbocycles. The molecule has 4 rings (SSSR count). The molecule has 28 heavy (non-hydrogen) atoms. The fraction of sp³-hybridized carbons (Fsp3) is 0.100. The Morgan fingerprint density at radius 3 is 2.61 bits per heavy atom. The highest BCUT2D eigenvalue weighted by Gasteiger charge is 2.13. The molecule has 140 valence electrons. The van der Waals surface area contributed by atoms with E-state index >= 15 is 0 Å². The van der Waals surface area contributed by atoms with Crippen LogP contribution in [-0.2, 0) is 6.54 Å². The van der Waals surface area contributed by atoms with Gasteiger partial charge < -0.3 is 10.1 Å². The first-order valence-electron chi connectivity index (χ1n) is 8.58. The van der Waals surface area contributed by atoms with Gasteiger partial charge in [-0.2, -0.15) is 5.10 Å². The number of ether oxygens (including phenoxy) is 1. The molecule has 0 saturated heterocycles. The monoisotopic (exact) mass is 391 g/mol. The van der Waals surface area contributed by atoms with E-state index in [2.05, 4.69) is 25.5 Å². The van der Waals surface area contributed by atoms with Crippen LogP contribution in [0.25, 0.3) is 22.0 Å². The van der Waals surface area contributed by atoms with Gasteiger partial charge in [-0.25, -0.2) is 9.97 Å². The number of nitrogens with one attached hydrogen (secondary N) is 2. The molecule has 0 radical (unpaired) electrons. The van der Waals surface area contributed by atoms with Crippen molar-refractivity contribution in [1.82, 2.24) is 25.5 Å². The summed E-state index contributed by atoms with van der Waals surface area (Å²) >= 11 is 1.44. The molecule has 0 spiro atoms. The minimum atomic E-state index is -0.249. The van der Waals surface area contributed by atoms with Crippen LogP contribution in [0.15, 0.2) is 60.0 Å². The second-order valence-electron chi connectivity index (χ2n) is 5.92. The van der Waals surface area contributed by atoms with E-state index in [4.69, 9.17) is 4.74 Å². The fourth-order valence-electron chi connectivity index (χ4n) is 2.59. The molecule has 0 aliphatic heterocycles. The Hall–Kier alpha value is -3.52. The molecule has 0 aliphatic rings. The predicted molar refractivity (Wildman–Crippen MR) is 107 cm³/mol. The zero-order chi connectivity index (χ0) is 19.3. The van der Waals surface area contributed by atoms with E-state index in [1.54, 1.807) is 12.5 Å². The molecule has 0 saturated carbocycles. The molecule has 0 unspecified atom stereocenters. The number of carbonyl (C=O) groups is 1. The standard InChI is InChI=1S/C20H17N5O2S/c1-27-15-9-7-13(8-10-15)18-23-17(24-25-18)11-21-19(26)16-12-28-20(22-16)14-5-3-2-4-6-14/h2-10,12H,11H2,1H3,(H,21,26)(H,23,24,25). The van der Waals surface area contributed by atoms with Crippen LogP contribution in [0.1, 0.15) is 16.3 Å². The Morgan fingerprint density at radius 1 is 1.07 bits per heavy atom. The topological polar surface area (TPSA) is 92.8 Å². The average molecular weight is 391 g/mol. The van der Waals surface area contributed by atoms with Crippen molar-refractivity contribution in [3.05, 3.63) is 71.5 Å². The number of thiazole rings is 1. The number of rotatable bonds is 6. The molecule has 0 atom stereocenters. The van der Waals surface area contributed by atoms with Gasteiger partial charge in [0.15, 0.2) is 5.82 Å². The van der Waals surface area contributed by atoms with Gasteiger partial charge in [0.1, 0.15) is 22.3 Å². The van der Waals surface area contributed by atoms with Crippen LogP contribution in [0, 0.1) is 0 Å². The summed E-state index contributed by atoms with van der Waals surface area (Å²) in [6, 6.07) is 17.2. The van der Waals surface area contributed by atoms with Gasteiger partial charge in [0.05, 0.1) is 13.7 Å². The van der Waals surface area contributed by atoms with Gasteiger partial charge in [-0.05, 0) is 24.3 Å². The molecule has 0 fully saturated rings. The third kappa shape index (κ3) is 3.91. The van der Waals surface area contributed by atoms with Crippen molar-refractivity contribution in [2.75, 3.05) is 7.11 Å². The summed E-state index contributed by atoms with van der Waals surface area (Å²) in [5.74, 6) is 1.65. The summed E-state index contributed by atoms with van der Waals surface area (Å²) in [5, 5.41) is 12.4. The van der Waals surface area contributed by atoms with Crippen LogP contribution in [0.2, 0.25) is 0 Å². The van der Waals surface area contributed by atoms with Crippen molar-refractivity contribution in [2.24, 2.45) is 0 Å². The summed E-state index contributed by atoms with van der Waals surface area (Å²) in [6.07, 6.45) is 0. The number of nitrogens with zero attached hydrogens (tertiary/aromatic N) is 3. The Labute approximate surface area is 165 Å². The largest absolute Gasteiger partial charge is 0.497 e. The van der Waals surface area contributed by atoms with E-state index in [-0.39, 0.29) is 12.5 Å². The first-order chi connectivity index (χ1) is 13.7. The minimum absolute atomic E-state index is 0.236. The Morgan fingerprint density at radius 2 is 1.86 bits per heavy atom. The van der Waals surface area contributed by atoms with E-state index in [0.717, 1.165) is 21.9 Å². The SMILES string of the molecule is COc1ccc(-c2n[nH]c(CNC(=O)c3csc(-c4ccccc4)n3)n2)cc1. The van der Waals surface area contributed by atoms with Gasteiger partial charge in [0.25, 0.3) is 5.91 Å². The van der Waals surface area contributed by atoms with Gasteiger partial charge in [0, 0.05) is 16.5 Å². The van der Waals surface area contributed by atoms with Crippen molar-refractivity contribution in [2.45, 2.75) is 6.54 Å². The Balaban J connectivity index is 1.39. The van der Waals surface area contributed by atoms with Crippen molar-refractivity contribution in [3.63, 3.8) is 0 Å². The molecule has 1 amide bonds. The number of methoxy groups -OCH3 is 1. The lowest BCUT2D eigenvalue weighted by molar-refractivity contribution is 0.0945. The van der Waals surface area contributed by atoms with Gasteiger partial charge in [-0.1, -0.05) is 30.3 Å². The number of hydrogen-bond donors (Lipinski definition) is 2. The molecule has 2 heterocycles. The Bertz CT molecular complexity index is 1070. The highest BCUT2D eigenvalue weighted by Crippen LogP contribution is 2.23. The summed E-state index contributed by atoms with van der Waals surface area (Å²) in [6.45, 7) is 0.236. The number of amides is 1. The lowest BCUT2D eigenvalue weighted by atomic mass is 10.2. The number of H-pyrrole nitrogens is 1. The van der Waals surface area contributed by atoms with Gasteiger partial charge in [-0.3, -0.25) is 9.89 Å². The predicted octanol–water partition coefficient (Wildman–Crippen LogP) is 3.53. The molecule has 7 nitrogen and oxygen atoms in total. The quantitative estimate of drug-likeness (QED) is 0.524. The summed E-state index contributed by atoms with van der Waals surface area (Å²) in [5.41, 5.74) is 2.24. The Kier molecular flexibility index (Phi) is 5.11. The number of hydrogen-bond acceptors (Lipinski definition) is 6. The maximum Gasteiger partial charge on any atom is 0.271 e. The third-order valence-electron chi connectivity index (χ3n) is 4.05. The van der Waals surface area contributed by atoms with E-state index < -0.39 is 0 Å². The maximum atomic E-state index is 12.4. The van der Waals surface area contributed by atoms with Crippen LogP contribution < -0.4 is 10.1 Å². The number of aromatic nitrogens is 4. The minimum Gasteiger partial charge on any atom is -0.497 e. The van der Waals surface area contributed by atoms with E-state index in [1.807, 2.05) is 54.6 Å². The summed E-state index contributed by atoms with van der Waals surface area (Å²) in [7, 11) is 1.62. The molecule has 2 aromatic heterocycles. The number of carbonyl (C=O) groups excluding carboxylic acids is 1. The van der Waals surface area contributed by atoms with E-state index in [9.17, 15) is 4.79 Å². The molecule has 2 N–H and O–H groups in total. The van der Waals surface area contributed by atoms with Crippen molar-refractivity contribution in [3.8, 4) is 27.7 Å². The molecule has 0 bridgehead atoms. The first kappa shape index (κ1) is 17.9. The molecule has 0 aliphatic carbocycles. The van der Waals surface area contributed by atoms with Gasteiger partial charge in [0.2, 0.25) is 0 Å². The van der Waals surface area contributed by atoms with Crippen LogP contribution in [0.4, 0.5) is 0 Å². The molecule has 4 aromatic rings. The van der Waals surface area contributed by atoms with Crippen molar-refractivity contribution in [1.29, 1.82) is 0 Å². The lowest BCUT2D eigenvalue weighted by Crippen LogP contribution is -2.23. The summed E-state index contributed by atoms with van der Waals surface area (Å²) in [4.78, 5) is 21.2. The van der Waals surface area contributed by atoms with E-state index in [1.165, 1.54) is 11.3 Å². The van der Waals surface area contributed by atoms with Gasteiger partial charge >= 0.3 is 0 Å². The zero-order valence-electron chi connectivity index (χ0n) is 15.0. The smallest absolute Gasteiger partial charge is 0.271 e. The molecular formula is C20H17N5O2S. The lowest BCUT2D eigenvalue weighted by Gasteiger charge is -2.00. The first-order valence-corrected chi connectivity index (χ1v) is 9.46. The van der Waals surface area contributed by atoms with Gasteiger partial charge in [-0.15, -0.1) is 11.3 Å². The maximum absolute atomic E-state index is 12.4. The van der Waals surface area contributed by atoms with Crippen LogP contribution in [-0.4, -0.2) is 33.2 Å². The van der Waals surface area contributed by atoms with Crippen molar-refractivity contribution < 1.29 is 9.53 Å². The number of aromatic amines is 1. The van der Waals surface area contributed by atoms with Crippen LogP contribution >= 0.6 is 11.3 Å². The average Bonchev–Trinajstić information content (AvgIpc) is 3.43.